The average Bonchev–Trinajstić information content (AvgIpc) is 2.75. The molecule has 1 amide bonds. The Morgan fingerprint density at radius 3 is 1.88 bits per heavy atom. The Labute approximate surface area is 191 Å². The molecule has 3 N–H and O–H groups in total. The Bertz CT molecular complexity index is 704. The van der Waals surface area contributed by atoms with E-state index in [0.29, 0.717) is 30.9 Å². The number of amides is 1. The van der Waals surface area contributed by atoms with E-state index >= 15 is 0 Å². The SMILES string of the molecule is CCc1ccc(NC(=O)CCCCCCCCCCCC(=O)O)c(OCCCC(=O)O)c1. The third-order valence-electron chi connectivity index (χ3n) is 5.32. The van der Waals surface area contributed by atoms with Gasteiger partial charge in [-0.25, -0.2) is 0 Å². The van der Waals surface area contributed by atoms with E-state index in [9.17, 15) is 14.4 Å². The molecule has 0 saturated carbocycles. The zero-order valence-corrected chi connectivity index (χ0v) is 19.4. The zero-order chi connectivity index (χ0) is 23.6. The lowest BCUT2D eigenvalue weighted by Gasteiger charge is -2.14. The molecule has 0 aliphatic rings. The van der Waals surface area contributed by atoms with Crippen LogP contribution in [0.15, 0.2) is 18.2 Å². The molecule has 1 aromatic carbocycles. The molecule has 0 heterocycles. The first-order valence-electron chi connectivity index (χ1n) is 11.9. The van der Waals surface area contributed by atoms with Crippen LogP contribution >= 0.6 is 0 Å². The number of anilines is 1. The Morgan fingerprint density at radius 1 is 0.781 bits per heavy atom. The number of aliphatic carboxylic acids is 2. The van der Waals surface area contributed by atoms with Crippen LogP contribution in [0.5, 0.6) is 5.75 Å². The molecule has 32 heavy (non-hydrogen) atoms. The minimum Gasteiger partial charge on any atom is -0.491 e. The van der Waals surface area contributed by atoms with Crippen molar-refractivity contribution in [2.24, 2.45) is 0 Å². The van der Waals surface area contributed by atoms with Gasteiger partial charge in [0.05, 0.1) is 12.3 Å². The van der Waals surface area contributed by atoms with Crippen molar-refractivity contribution >= 4 is 23.5 Å². The van der Waals surface area contributed by atoms with Gasteiger partial charge in [-0.2, -0.15) is 0 Å². The van der Waals surface area contributed by atoms with Gasteiger partial charge >= 0.3 is 11.9 Å². The molecule has 0 aliphatic carbocycles. The molecule has 1 aromatic rings. The highest BCUT2D eigenvalue weighted by molar-refractivity contribution is 5.92. The summed E-state index contributed by atoms with van der Waals surface area (Å²) in [5.74, 6) is -1.01. The van der Waals surface area contributed by atoms with Crippen LogP contribution in [-0.2, 0) is 20.8 Å². The summed E-state index contributed by atoms with van der Waals surface area (Å²) in [5.41, 5.74) is 1.73. The average molecular weight is 450 g/mol. The summed E-state index contributed by atoms with van der Waals surface area (Å²) < 4.78 is 5.74. The van der Waals surface area contributed by atoms with Gasteiger partial charge in [0.15, 0.2) is 0 Å². The van der Waals surface area contributed by atoms with Gasteiger partial charge in [-0.3, -0.25) is 14.4 Å². The molecule has 0 aromatic heterocycles. The van der Waals surface area contributed by atoms with Gasteiger partial charge in [0, 0.05) is 19.3 Å². The predicted octanol–water partition coefficient (Wildman–Crippen LogP) is 5.81. The molecule has 1 rings (SSSR count). The van der Waals surface area contributed by atoms with Crippen LogP contribution < -0.4 is 10.1 Å². The van der Waals surface area contributed by atoms with E-state index in [4.69, 9.17) is 14.9 Å². The van der Waals surface area contributed by atoms with Crippen molar-refractivity contribution in [3.05, 3.63) is 23.8 Å². The quantitative estimate of drug-likeness (QED) is 0.230. The number of unbranched alkanes of at least 4 members (excludes halogenated alkanes) is 8. The molecule has 7 nitrogen and oxygen atoms in total. The van der Waals surface area contributed by atoms with Gasteiger partial charge in [-0.1, -0.05) is 57.9 Å². The van der Waals surface area contributed by atoms with Crippen LogP contribution in [0, 0.1) is 0 Å². The van der Waals surface area contributed by atoms with E-state index in [1.54, 1.807) is 0 Å². The summed E-state index contributed by atoms with van der Waals surface area (Å²) in [7, 11) is 0. The van der Waals surface area contributed by atoms with Crippen molar-refractivity contribution in [2.75, 3.05) is 11.9 Å². The summed E-state index contributed by atoms with van der Waals surface area (Å²) in [6, 6.07) is 5.71. The standard InChI is InChI=1S/C25H39NO6/c1-2-20-16-17-21(22(19-20)32-18-12-15-25(30)31)26-23(27)13-10-8-6-4-3-5-7-9-11-14-24(28)29/h16-17,19H,2-15,18H2,1H3,(H,26,27)(H,28,29)(H,30,31). The second-order valence-corrected chi connectivity index (χ2v) is 8.15. The molecule has 0 bridgehead atoms. The van der Waals surface area contributed by atoms with Crippen LogP contribution in [-0.4, -0.2) is 34.7 Å². The Kier molecular flexibility index (Phi) is 14.6. The summed E-state index contributed by atoms with van der Waals surface area (Å²) in [6.07, 6.45) is 11.3. The fourth-order valence-corrected chi connectivity index (χ4v) is 3.43. The molecule has 0 aliphatic heterocycles. The number of hydrogen-bond acceptors (Lipinski definition) is 4. The highest BCUT2D eigenvalue weighted by atomic mass is 16.5. The van der Waals surface area contributed by atoms with Gasteiger partial charge < -0.3 is 20.3 Å². The van der Waals surface area contributed by atoms with Crippen LogP contribution in [0.4, 0.5) is 5.69 Å². The van der Waals surface area contributed by atoms with Gasteiger partial charge in [0.2, 0.25) is 5.91 Å². The van der Waals surface area contributed by atoms with Gasteiger partial charge in [0.25, 0.3) is 0 Å². The van der Waals surface area contributed by atoms with Crippen molar-refractivity contribution < 1.29 is 29.3 Å². The van der Waals surface area contributed by atoms with E-state index in [1.165, 1.54) is 0 Å². The molecule has 0 spiro atoms. The van der Waals surface area contributed by atoms with E-state index in [1.807, 2.05) is 25.1 Å². The number of carbonyl (C=O) groups is 3. The first-order valence-corrected chi connectivity index (χ1v) is 11.9. The van der Waals surface area contributed by atoms with Gasteiger partial charge in [0.1, 0.15) is 5.75 Å². The first-order chi connectivity index (χ1) is 15.4. The summed E-state index contributed by atoms with van der Waals surface area (Å²) in [5, 5.41) is 20.3. The van der Waals surface area contributed by atoms with Gasteiger partial charge in [-0.15, -0.1) is 0 Å². The monoisotopic (exact) mass is 449 g/mol. The molecule has 7 heteroatoms. The highest BCUT2D eigenvalue weighted by Gasteiger charge is 2.10. The number of ether oxygens (including phenoxy) is 1. The normalized spacial score (nSPS) is 10.7. The molecule has 0 radical (unpaired) electrons. The lowest BCUT2D eigenvalue weighted by Crippen LogP contribution is -2.13. The molecule has 180 valence electrons. The van der Waals surface area contributed by atoms with Crippen LogP contribution in [0.25, 0.3) is 0 Å². The molecule has 0 fully saturated rings. The third-order valence-corrected chi connectivity index (χ3v) is 5.32. The van der Waals surface area contributed by atoms with Crippen molar-refractivity contribution in [1.29, 1.82) is 0 Å². The number of aryl methyl sites for hydroxylation is 1. The number of carboxylic acid groups (broad SMARTS) is 2. The maximum atomic E-state index is 12.3. The third kappa shape index (κ3) is 13.7. The van der Waals surface area contributed by atoms with E-state index in [0.717, 1.165) is 69.8 Å². The largest absolute Gasteiger partial charge is 0.491 e. The first kappa shape index (κ1) is 27.5. The minimum atomic E-state index is -0.847. The zero-order valence-electron chi connectivity index (χ0n) is 19.4. The van der Waals surface area contributed by atoms with Crippen molar-refractivity contribution in [2.45, 2.75) is 96.8 Å². The van der Waals surface area contributed by atoms with E-state index in [2.05, 4.69) is 5.32 Å². The molecular weight excluding hydrogens is 410 g/mol. The van der Waals surface area contributed by atoms with Crippen LogP contribution in [0.1, 0.15) is 96.0 Å². The van der Waals surface area contributed by atoms with Gasteiger partial charge in [-0.05, 0) is 43.4 Å². The number of carboxylic acids is 2. The Hall–Kier alpha value is -2.57. The van der Waals surface area contributed by atoms with Crippen molar-refractivity contribution in [1.82, 2.24) is 0 Å². The summed E-state index contributed by atoms with van der Waals surface area (Å²) in [6.45, 7) is 2.34. The molecule has 0 saturated heterocycles. The number of benzene rings is 1. The summed E-state index contributed by atoms with van der Waals surface area (Å²) >= 11 is 0. The molecule has 0 unspecified atom stereocenters. The second-order valence-electron chi connectivity index (χ2n) is 8.15. The smallest absolute Gasteiger partial charge is 0.303 e. The number of carbonyl (C=O) groups excluding carboxylic acids is 1. The number of hydrogen-bond donors (Lipinski definition) is 3. The summed E-state index contributed by atoms with van der Waals surface area (Å²) in [4.78, 5) is 33.4. The Morgan fingerprint density at radius 2 is 1.31 bits per heavy atom. The fraction of sp³-hybridized carbons (Fsp3) is 0.640. The maximum Gasteiger partial charge on any atom is 0.303 e. The highest BCUT2D eigenvalue weighted by Crippen LogP contribution is 2.27. The predicted molar refractivity (Wildman–Crippen MR) is 125 cm³/mol. The van der Waals surface area contributed by atoms with E-state index < -0.39 is 11.9 Å². The van der Waals surface area contributed by atoms with E-state index in [-0.39, 0.29) is 18.7 Å². The maximum absolute atomic E-state index is 12.3. The second kappa shape index (κ2) is 17.0. The van der Waals surface area contributed by atoms with Crippen molar-refractivity contribution in [3.8, 4) is 5.75 Å². The lowest BCUT2D eigenvalue weighted by atomic mass is 10.1. The Balaban J connectivity index is 2.23. The fourth-order valence-electron chi connectivity index (χ4n) is 3.43. The minimum absolute atomic E-state index is 0.0388. The van der Waals surface area contributed by atoms with Crippen LogP contribution in [0.3, 0.4) is 0 Å². The lowest BCUT2D eigenvalue weighted by molar-refractivity contribution is -0.138. The topological polar surface area (TPSA) is 113 Å². The molecule has 0 atom stereocenters. The van der Waals surface area contributed by atoms with Crippen LogP contribution in [0.2, 0.25) is 0 Å². The van der Waals surface area contributed by atoms with Crippen molar-refractivity contribution in [3.63, 3.8) is 0 Å². The molecular formula is C25H39NO6. The number of rotatable bonds is 19. The number of nitrogens with one attached hydrogen (secondary N) is 1.